The number of fused-ring (bicyclic) bond motifs is 6. The molecule has 0 saturated carbocycles. The number of hydrogen-bond acceptors (Lipinski definition) is 2. The summed E-state index contributed by atoms with van der Waals surface area (Å²) in [6.45, 7) is 0. The van der Waals surface area contributed by atoms with Gasteiger partial charge in [0.2, 0.25) is 0 Å². The lowest BCUT2D eigenvalue weighted by atomic mass is 10.0. The van der Waals surface area contributed by atoms with Crippen molar-refractivity contribution in [3.8, 4) is 33.9 Å². The van der Waals surface area contributed by atoms with Crippen molar-refractivity contribution in [1.82, 2.24) is 19.1 Å². The van der Waals surface area contributed by atoms with Gasteiger partial charge in [-0.25, -0.2) is 9.97 Å². The Balaban J connectivity index is 1.14. The highest BCUT2D eigenvalue weighted by molar-refractivity contribution is 6.09. The van der Waals surface area contributed by atoms with Gasteiger partial charge in [-0.2, -0.15) is 0 Å². The minimum absolute atomic E-state index is 0.900. The third-order valence-corrected chi connectivity index (χ3v) is 8.90. The Bertz CT molecular complexity index is 2350. The molecule has 0 amide bonds. The highest BCUT2D eigenvalue weighted by Gasteiger charge is 2.19. The van der Waals surface area contributed by atoms with Crippen LogP contribution in [-0.2, 0) is 6.42 Å². The summed E-state index contributed by atoms with van der Waals surface area (Å²) in [5.74, 6) is 0. The summed E-state index contributed by atoms with van der Waals surface area (Å²) in [4.78, 5) is 9.44. The van der Waals surface area contributed by atoms with Crippen molar-refractivity contribution in [2.45, 2.75) is 12.8 Å². The zero-order valence-electron chi connectivity index (χ0n) is 24.1. The van der Waals surface area contributed by atoms with Crippen LogP contribution in [0.4, 0.5) is 0 Å². The van der Waals surface area contributed by atoms with Gasteiger partial charge in [0.05, 0.1) is 27.9 Å². The molecule has 0 N–H and O–H groups in total. The molecule has 0 atom stereocenters. The molecule has 4 nitrogen and oxygen atoms in total. The van der Waals surface area contributed by atoms with Gasteiger partial charge < -0.3 is 9.13 Å². The third kappa shape index (κ3) is 3.85. The average Bonchev–Trinajstić information content (AvgIpc) is 3.62. The Hall–Kier alpha value is -5.74. The van der Waals surface area contributed by atoms with Crippen molar-refractivity contribution < 1.29 is 0 Å². The van der Waals surface area contributed by atoms with E-state index in [4.69, 9.17) is 9.97 Å². The molecule has 0 saturated heterocycles. The summed E-state index contributed by atoms with van der Waals surface area (Å²) < 4.78 is 4.77. The SMILES string of the molecule is C1=Cc2c(n(-c3cccc(-c4cc(-c5cccc(-n6c7ccccc7c7ccccc76)c5)ncn4)c3)c3ccccc23)CC1. The van der Waals surface area contributed by atoms with Crippen LogP contribution in [0.3, 0.4) is 0 Å². The molecule has 44 heavy (non-hydrogen) atoms. The number of rotatable bonds is 4. The topological polar surface area (TPSA) is 35.6 Å². The molecule has 9 rings (SSSR count). The van der Waals surface area contributed by atoms with Crippen LogP contribution in [0.15, 0.2) is 140 Å². The van der Waals surface area contributed by atoms with Gasteiger partial charge in [0.25, 0.3) is 0 Å². The fourth-order valence-electron chi connectivity index (χ4n) is 6.95. The van der Waals surface area contributed by atoms with E-state index in [2.05, 4.69) is 149 Å². The molecule has 0 unspecified atom stereocenters. The van der Waals surface area contributed by atoms with E-state index in [9.17, 15) is 0 Å². The highest BCUT2D eigenvalue weighted by Crippen LogP contribution is 2.36. The molecule has 0 spiro atoms. The van der Waals surface area contributed by atoms with Crippen LogP contribution in [0.5, 0.6) is 0 Å². The summed E-state index contributed by atoms with van der Waals surface area (Å²) in [5.41, 5.74) is 12.5. The largest absolute Gasteiger partial charge is 0.313 e. The predicted molar refractivity (Wildman–Crippen MR) is 181 cm³/mol. The molecule has 1 aliphatic rings. The van der Waals surface area contributed by atoms with Crippen molar-refractivity contribution in [2.75, 3.05) is 0 Å². The van der Waals surface area contributed by atoms with E-state index in [1.807, 2.05) is 0 Å². The van der Waals surface area contributed by atoms with Gasteiger partial charge in [0.1, 0.15) is 6.33 Å². The van der Waals surface area contributed by atoms with E-state index in [1.165, 1.54) is 44.0 Å². The second-order valence-corrected chi connectivity index (χ2v) is 11.4. The average molecular weight is 565 g/mol. The monoisotopic (exact) mass is 564 g/mol. The molecule has 208 valence electrons. The van der Waals surface area contributed by atoms with E-state index in [-0.39, 0.29) is 0 Å². The fraction of sp³-hybridized carbons (Fsp3) is 0.0500. The molecule has 0 aliphatic heterocycles. The van der Waals surface area contributed by atoms with Crippen molar-refractivity contribution in [3.63, 3.8) is 0 Å². The van der Waals surface area contributed by atoms with Gasteiger partial charge in [0.15, 0.2) is 0 Å². The van der Waals surface area contributed by atoms with E-state index >= 15 is 0 Å². The molecule has 8 aromatic rings. The van der Waals surface area contributed by atoms with Gasteiger partial charge >= 0.3 is 0 Å². The maximum atomic E-state index is 4.72. The van der Waals surface area contributed by atoms with Crippen molar-refractivity contribution >= 4 is 38.8 Å². The van der Waals surface area contributed by atoms with Crippen LogP contribution in [0.2, 0.25) is 0 Å². The third-order valence-electron chi connectivity index (χ3n) is 8.90. The Morgan fingerprint density at radius 3 is 1.68 bits per heavy atom. The second kappa shape index (κ2) is 9.92. The number of benzene rings is 5. The summed E-state index contributed by atoms with van der Waals surface area (Å²) >= 11 is 0. The van der Waals surface area contributed by atoms with E-state index in [0.29, 0.717) is 0 Å². The molecule has 0 fully saturated rings. The van der Waals surface area contributed by atoms with E-state index < -0.39 is 0 Å². The van der Waals surface area contributed by atoms with Gasteiger partial charge in [-0.15, -0.1) is 0 Å². The quantitative estimate of drug-likeness (QED) is 0.213. The fourth-order valence-corrected chi connectivity index (χ4v) is 6.95. The first-order valence-corrected chi connectivity index (χ1v) is 15.1. The Labute approximate surface area is 255 Å². The van der Waals surface area contributed by atoms with E-state index in [0.717, 1.165) is 46.7 Å². The molecule has 3 aromatic heterocycles. The summed E-state index contributed by atoms with van der Waals surface area (Å²) in [5, 5.41) is 3.81. The van der Waals surface area contributed by atoms with Crippen molar-refractivity contribution in [2.24, 2.45) is 0 Å². The van der Waals surface area contributed by atoms with Crippen molar-refractivity contribution in [1.29, 1.82) is 0 Å². The highest BCUT2D eigenvalue weighted by atomic mass is 15.0. The van der Waals surface area contributed by atoms with Crippen molar-refractivity contribution in [3.05, 3.63) is 151 Å². The number of para-hydroxylation sites is 3. The van der Waals surface area contributed by atoms with Crippen LogP contribution in [0, 0.1) is 0 Å². The number of aromatic nitrogens is 4. The van der Waals surface area contributed by atoms with Crippen LogP contribution < -0.4 is 0 Å². The lowest BCUT2D eigenvalue weighted by Crippen LogP contribution is -2.03. The first-order valence-electron chi connectivity index (χ1n) is 15.1. The first-order chi connectivity index (χ1) is 21.8. The summed E-state index contributed by atoms with van der Waals surface area (Å²) in [7, 11) is 0. The smallest absolute Gasteiger partial charge is 0.116 e. The number of nitrogens with zero attached hydrogens (tertiary/aromatic N) is 4. The van der Waals surface area contributed by atoms with Gasteiger partial charge in [0, 0.05) is 49.9 Å². The number of allylic oxidation sites excluding steroid dienone is 1. The van der Waals surface area contributed by atoms with Gasteiger partial charge in [-0.1, -0.05) is 91.0 Å². The zero-order valence-corrected chi connectivity index (χ0v) is 24.1. The maximum absolute atomic E-state index is 4.72. The van der Waals surface area contributed by atoms with Crippen LogP contribution in [-0.4, -0.2) is 19.1 Å². The molecule has 0 radical (unpaired) electrons. The van der Waals surface area contributed by atoms with Gasteiger partial charge in [-0.3, -0.25) is 0 Å². The summed E-state index contributed by atoms with van der Waals surface area (Å²) in [6.07, 6.45) is 8.35. The maximum Gasteiger partial charge on any atom is 0.116 e. The Kier molecular flexibility index (Phi) is 5.60. The van der Waals surface area contributed by atoms with Crippen LogP contribution >= 0.6 is 0 Å². The lowest BCUT2D eigenvalue weighted by Gasteiger charge is -2.14. The molecule has 1 aliphatic carbocycles. The van der Waals surface area contributed by atoms with Crippen LogP contribution in [0.25, 0.3) is 72.7 Å². The Morgan fingerprint density at radius 1 is 0.500 bits per heavy atom. The van der Waals surface area contributed by atoms with Gasteiger partial charge in [-0.05, 0) is 61.4 Å². The predicted octanol–water partition coefficient (Wildman–Crippen LogP) is 9.81. The normalized spacial score (nSPS) is 12.7. The summed E-state index contributed by atoms with van der Waals surface area (Å²) in [6, 6.07) is 45.4. The zero-order chi connectivity index (χ0) is 29.0. The van der Waals surface area contributed by atoms with Crippen LogP contribution in [0.1, 0.15) is 17.7 Å². The molecular weight excluding hydrogens is 536 g/mol. The number of hydrogen-bond donors (Lipinski definition) is 0. The molecule has 5 aromatic carbocycles. The molecular formula is C40H28N4. The molecule has 3 heterocycles. The second-order valence-electron chi connectivity index (χ2n) is 11.4. The standard InChI is InChI=1S/C40H28N4/c1-5-19-37-31(15-1)32-16-2-6-20-38(32)43(37)29-13-9-11-27(23-29)35-25-36(42-26-41-35)28-12-10-14-30(24-28)44-39-21-7-3-17-33(39)34-18-4-8-22-40(34)44/h1-7,9-21,23-26H,8,22H2. The minimum Gasteiger partial charge on any atom is -0.313 e. The lowest BCUT2D eigenvalue weighted by molar-refractivity contribution is 0.888. The first kappa shape index (κ1) is 24.8. The molecule has 4 heteroatoms. The van der Waals surface area contributed by atoms with E-state index in [1.54, 1.807) is 6.33 Å². The minimum atomic E-state index is 0.900. The molecule has 0 bridgehead atoms. The Morgan fingerprint density at radius 2 is 1.05 bits per heavy atom.